The van der Waals surface area contributed by atoms with Crippen LogP contribution in [0.15, 0.2) is 24.5 Å². The molecule has 0 aliphatic carbocycles. The van der Waals surface area contributed by atoms with Crippen LogP contribution < -0.4 is 15.0 Å². The average Bonchev–Trinajstić information content (AvgIpc) is 2.86. The number of carbonyl (C=O) groups excluding carboxylic acids is 1. The molecule has 0 bridgehead atoms. The second-order valence-electron chi connectivity index (χ2n) is 9.35. The molecule has 0 atom stereocenters. The van der Waals surface area contributed by atoms with Crippen LogP contribution in [0.5, 0.6) is 5.88 Å². The van der Waals surface area contributed by atoms with Gasteiger partial charge >= 0.3 is 6.16 Å². The van der Waals surface area contributed by atoms with Crippen molar-refractivity contribution in [3.05, 3.63) is 35.9 Å². The fourth-order valence-corrected chi connectivity index (χ4v) is 4.17. The van der Waals surface area contributed by atoms with E-state index >= 15 is 0 Å². The molecule has 0 radical (unpaired) electrons. The lowest BCUT2D eigenvalue weighted by Gasteiger charge is -2.34. The van der Waals surface area contributed by atoms with Crippen molar-refractivity contribution in [1.82, 2.24) is 19.9 Å². The summed E-state index contributed by atoms with van der Waals surface area (Å²) in [5, 5.41) is 14.2. The number of hydrogen-bond donors (Lipinski definition) is 1. The number of nitrogens with zero attached hydrogens (tertiary/aromatic N) is 6. The average molecular weight is 514 g/mol. The summed E-state index contributed by atoms with van der Waals surface area (Å²) >= 11 is 0. The van der Waals surface area contributed by atoms with Gasteiger partial charge in [0, 0.05) is 57.8 Å². The number of nitriles is 1. The van der Waals surface area contributed by atoms with Crippen molar-refractivity contribution in [3.8, 4) is 11.9 Å². The van der Waals surface area contributed by atoms with E-state index in [9.17, 15) is 14.4 Å². The molecule has 0 saturated carbocycles. The first-order chi connectivity index (χ1) is 17.8. The Morgan fingerprint density at radius 1 is 1.16 bits per heavy atom. The van der Waals surface area contributed by atoms with Crippen molar-refractivity contribution in [3.63, 3.8) is 0 Å². The van der Waals surface area contributed by atoms with Crippen molar-refractivity contribution in [1.29, 1.82) is 5.26 Å². The van der Waals surface area contributed by atoms with Gasteiger partial charge in [-0.1, -0.05) is 0 Å². The Morgan fingerprint density at radius 3 is 2.54 bits per heavy atom. The van der Waals surface area contributed by atoms with E-state index in [-0.39, 0.29) is 35.2 Å². The Hall–Kier alpha value is -3.69. The first kappa shape index (κ1) is 26.4. The van der Waals surface area contributed by atoms with Crippen LogP contribution in [0, 0.1) is 17.1 Å². The molecule has 12 heteroatoms. The van der Waals surface area contributed by atoms with Gasteiger partial charge in [0.05, 0.1) is 11.8 Å². The molecule has 2 aliphatic rings. The summed E-state index contributed by atoms with van der Waals surface area (Å²) in [5.74, 6) is -0.159. The zero-order valence-corrected chi connectivity index (χ0v) is 21.3. The minimum atomic E-state index is -0.739. The summed E-state index contributed by atoms with van der Waals surface area (Å²) in [6.07, 6.45) is 1.13. The highest BCUT2D eigenvalue weighted by molar-refractivity contribution is 5.67. The second-order valence-corrected chi connectivity index (χ2v) is 9.35. The van der Waals surface area contributed by atoms with E-state index in [0.29, 0.717) is 25.9 Å². The van der Waals surface area contributed by atoms with Crippen molar-refractivity contribution in [2.45, 2.75) is 38.9 Å². The third-order valence-corrected chi connectivity index (χ3v) is 6.21. The Morgan fingerprint density at radius 2 is 1.89 bits per heavy atom. The molecule has 1 aromatic carbocycles. The van der Waals surface area contributed by atoms with Gasteiger partial charge in [0.15, 0.2) is 11.4 Å². The maximum Gasteiger partial charge on any atom is 0.528 e. The molecule has 4 rings (SSSR count). The van der Waals surface area contributed by atoms with Crippen LogP contribution in [0.1, 0.15) is 32.3 Å². The maximum absolute atomic E-state index is 15.0. The highest BCUT2D eigenvalue weighted by Crippen LogP contribution is 2.29. The molecule has 2 saturated heterocycles. The van der Waals surface area contributed by atoms with E-state index in [1.807, 2.05) is 6.07 Å². The first-order valence-corrected chi connectivity index (χ1v) is 12.4. The van der Waals surface area contributed by atoms with Crippen LogP contribution in [0.3, 0.4) is 0 Å². The van der Waals surface area contributed by atoms with E-state index < -0.39 is 12.0 Å². The van der Waals surface area contributed by atoms with E-state index in [4.69, 9.17) is 14.3 Å². The number of anilines is 3. The molecule has 0 amide bonds. The number of piperidine rings is 1. The summed E-state index contributed by atoms with van der Waals surface area (Å²) < 4.78 is 26.0. The number of halogens is 1. The van der Waals surface area contributed by atoms with Gasteiger partial charge in [0.2, 0.25) is 5.88 Å². The van der Waals surface area contributed by atoms with E-state index in [0.717, 1.165) is 31.9 Å². The Labute approximate surface area is 215 Å². The third kappa shape index (κ3) is 6.96. The van der Waals surface area contributed by atoms with Crippen LogP contribution in [0.2, 0.25) is 0 Å². The number of hydroxylamine groups is 2. The SMILES string of the molecule is CC(C)OC(=O)ON1CCC(Oc2ncnc(Nc3ccc(N4CCN(C)CC4)cc3F)c2C#N)CC1. The van der Waals surface area contributed by atoms with Gasteiger partial charge in [0.1, 0.15) is 24.3 Å². The number of nitrogens with one attached hydrogen (secondary N) is 1. The van der Waals surface area contributed by atoms with Crippen LogP contribution in [0.4, 0.5) is 26.4 Å². The summed E-state index contributed by atoms with van der Waals surface area (Å²) in [6, 6.07) is 7.06. The highest BCUT2D eigenvalue weighted by atomic mass is 19.1. The normalized spacial score (nSPS) is 17.4. The standard InChI is InChI=1S/C25H32FN7O4/c1-17(2)35-25(34)37-33-8-6-19(7-9-33)36-24-20(15-27)23(28-16-29-24)30-22-5-4-18(14-21(22)26)32-12-10-31(3)11-13-32/h4-5,14,16-17,19H,6-13H2,1-3H3,(H,28,29,30). The molecule has 2 aliphatic heterocycles. The number of rotatable bonds is 7. The molecule has 3 heterocycles. The Balaban J connectivity index is 1.38. The molecular weight excluding hydrogens is 481 g/mol. The van der Waals surface area contributed by atoms with Gasteiger partial charge < -0.3 is 29.4 Å². The van der Waals surface area contributed by atoms with E-state index in [1.54, 1.807) is 19.9 Å². The van der Waals surface area contributed by atoms with Crippen LogP contribution in [-0.2, 0) is 9.57 Å². The second kappa shape index (κ2) is 12.0. The van der Waals surface area contributed by atoms with E-state index in [1.165, 1.54) is 17.5 Å². The largest absolute Gasteiger partial charge is 0.528 e. The fraction of sp³-hybridized carbons (Fsp3) is 0.520. The van der Waals surface area contributed by atoms with E-state index in [2.05, 4.69) is 38.2 Å². The number of ether oxygens (including phenoxy) is 2. The molecule has 0 spiro atoms. The minimum absolute atomic E-state index is 0.0873. The van der Waals surface area contributed by atoms with Crippen molar-refractivity contribution < 1.29 is 23.5 Å². The van der Waals surface area contributed by atoms with Crippen LogP contribution >= 0.6 is 0 Å². The van der Waals surface area contributed by atoms with Gasteiger partial charge in [-0.25, -0.2) is 19.2 Å². The summed E-state index contributed by atoms with van der Waals surface area (Å²) in [4.78, 5) is 29.5. The lowest BCUT2D eigenvalue weighted by atomic mass is 10.1. The fourth-order valence-electron chi connectivity index (χ4n) is 4.17. The third-order valence-electron chi connectivity index (χ3n) is 6.21. The number of aromatic nitrogens is 2. The molecule has 2 fully saturated rings. The molecule has 2 aromatic rings. The summed E-state index contributed by atoms with van der Waals surface area (Å²) in [7, 11) is 2.07. The number of likely N-dealkylation sites (N-methyl/N-ethyl adjacent to an activating group) is 1. The Bertz CT molecular complexity index is 1130. The van der Waals surface area contributed by atoms with Gasteiger partial charge in [-0.05, 0) is 39.1 Å². The minimum Gasteiger partial charge on any atom is -0.473 e. The van der Waals surface area contributed by atoms with Crippen molar-refractivity contribution in [2.24, 2.45) is 0 Å². The predicted molar refractivity (Wildman–Crippen MR) is 134 cm³/mol. The Kier molecular flexibility index (Phi) is 8.58. The summed E-state index contributed by atoms with van der Waals surface area (Å²) in [5.41, 5.74) is 1.11. The van der Waals surface area contributed by atoms with Gasteiger partial charge in [-0.15, -0.1) is 5.06 Å². The lowest BCUT2D eigenvalue weighted by molar-refractivity contribution is -0.151. The zero-order valence-electron chi connectivity index (χ0n) is 21.3. The van der Waals surface area contributed by atoms with Crippen molar-refractivity contribution >= 4 is 23.3 Å². The number of carbonyl (C=O) groups is 1. The molecule has 37 heavy (non-hydrogen) atoms. The molecule has 1 N–H and O–H groups in total. The highest BCUT2D eigenvalue weighted by Gasteiger charge is 2.26. The maximum atomic E-state index is 15.0. The lowest BCUT2D eigenvalue weighted by Crippen LogP contribution is -2.44. The molecule has 1 aromatic heterocycles. The molecule has 198 valence electrons. The smallest absolute Gasteiger partial charge is 0.473 e. The zero-order chi connectivity index (χ0) is 26.4. The topological polar surface area (TPSA) is 116 Å². The quantitative estimate of drug-likeness (QED) is 0.550. The molecule has 0 unspecified atom stereocenters. The number of hydrogen-bond acceptors (Lipinski definition) is 11. The number of piperazine rings is 1. The number of benzene rings is 1. The van der Waals surface area contributed by atoms with Gasteiger partial charge in [0.25, 0.3) is 0 Å². The predicted octanol–water partition coefficient (Wildman–Crippen LogP) is 3.30. The van der Waals surface area contributed by atoms with Crippen LogP contribution in [0.25, 0.3) is 0 Å². The van der Waals surface area contributed by atoms with Gasteiger partial charge in [-0.3, -0.25) is 0 Å². The van der Waals surface area contributed by atoms with Crippen LogP contribution in [-0.4, -0.2) is 84.6 Å². The summed E-state index contributed by atoms with van der Waals surface area (Å²) in [6.45, 7) is 7.90. The molecular formula is C25H32FN7O4. The van der Waals surface area contributed by atoms with Crippen molar-refractivity contribution in [2.75, 3.05) is 56.5 Å². The van der Waals surface area contributed by atoms with Gasteiger partial charge in [-0.2, -0.15) is 5.26 Å². The molecule has 11 nitrogen and oxygen atoms in total. The first-order valence-electron chi connectivity index (χ1n) is 12.4. The monoisotopic (exact) mass is 513 g/mol.